The minimum Gasteiger partial charge on any atom is -0.352 e. The number of aromatic nitrogens is 1. The van der Waals surface area contributed by atoms with Crippen LogP contribution in [-0.4, -0.2) is 46.9 Å². The number of rotatable bonds is 3. The maximum absolute atomic E-state index is 12.8. The Balaban J connectivity index is 1.75. The van der Waals surface area contributed by atoms with E-state index in [2.05, 4.69) is 11.1 Å². The number of nitro groups is 1. The Morgan fingerprint density at radius 3 is 2.62 bits per heavy atom. The molecule has 8 heteroatoms. The fraction of sp³-hybridized carbons (Fsp3) is 0.278. The van der Waals surface area contributed by atoms with Gasteiger partial charge in [0.25, 0.3) is 11.6 Å². The second-order valence-corrected chi connectivity index (χ2v) is 5.97. The van der Waals surface area contributed by atoms with Gasteiger partial charge in [-0.25, -0.2) is 4.98 Å². The van der Waals surface area contributed by atoms with E-state index in [1.165, 1.54) is 12.1 Å². The van der Waals surface area contributed by atoms with Gasteiger partial charge in [0.05, 0.1) is 10.5 Å². The van der Waals surface area contributed by atoms with Crippen molar-refractivity contribution in [2.75, 3.05) is 31.1 Å². The van der Waals surface area contributed by atoms with Crippen molar-refractivity contribution in [2.45, 2.75) is 6.92 Å². The highest BCUT2D eigenvalue weighted by atomic mass is 16.6. The molecule has 132 valence electrons. The lowest BCUT2D eigenvalue weighted by atomic mass is 10.1. The van der Waals surface area contributed by atoms with Crippen molar-refractivity contribution in [3.05, 3.63) is 63.3 Å². The molecule has 1 aliphatic rings. The molecule has 1 aromatic carbocycles. The van der Waals surface area contributed by atoms with E-state index in [-0.39, 0.29) is 11.6 Å². The van der Waals surface area contributed by atoms with Gasteiger partial charge >= 0.3 is 0 Å². The van der Waals surface area contributed by atoms with E-state index in [4.69, 9.17) is 0 Å². The normalized spacial score (nSPS) is 14.0. The average Bonchev–Trinajstić information content (AvgIpc) is 2.67. The number of benzene rings is 1. The highest BCUT2D eigenvalue weighted by molar-refractivity contribution is 5.96. The Bertz CT molecular complexity index is 898. The highest BCUT2D eigenvalue weighted by Crippen LogP contribution is 2.24. The van der Waals surface area contributed by atoms with Gasteiger partial charge in [0.15, 0.2) is 0 Å². The molecule has 26 heavy (non-hydrogen) atoms. The monoisotopic (exact) mass is 351 g/mol. The van der Waals surface area contributed by atoms with Gasteiger partial charge < -0.3 is 9.80 Å². The Hall–Kier alpha value is -3.47. The molecule has 0 atom stereocenters. The predicted octanol–water partition coefficient (Wildman–Crippen LogP) is 2.13. The maximum Gasteiger partial charge on any atom is 0.273 e. The third-order valence-corrected chi connectivity index (χ3v) is 4.51. The topological polar surface area (TPSA) is 103 Å². The van der Waals surface area contributed by atoms with Crippen molar-refractivity contribution in [2.24, 2.45) is 0 Å². The molecule has 1 fully saturated rings. The minimum absolute atomic E-state index is 0.0540. The molecule has 0 radical (unpaired) electrons. The first-order valence-corrected chi connectivity index (χ1v) is 8.16. The summed E-state index contributed by atoms with van der Waals surface area (Å²) in [5.74, 6) is 0.404. The number of carbonyl (C=O) groups is 1. The molecule has 0 unspecified atom stereocenters. The molecule has 2 aromatic rings. The summed E-state index contributed by atoms with van der Waals surface area (Å²) in [6.45, 7) is 3.61. The molecule has 2 heterocycles. The summed E-state index contributed by atoms with van der Waals surface area (Å²) in [4.78, 5) is 31.3. The molecule has 0 bridgehead atoms. The molecular weight excluding hydrogens is 334 g/mol. The predicted molar refractivity (Wildman–Crippen MR) is 94.9 cm³/mol. The van der Waals surface area contributed by atoms with Gasteiger partial charge in [-0.05, 0) is 25.1 Å². The molecule has 8 nitrogen and oxygen atoms in total. The SMILES string of the molecule is Cc1c(C(=O)N2CCN(c3ncccc3C#N)CC2)cccc1[N+](=O)[O-]. The molecule has 1 aliphatic heterocycles. The zero-order valence-corrected chi connectivity index (χ0v) is 14.3. The molecule has 3 rings (SSSR count). The number of nitro benzene ring substituents is 1. The minimum atomic E-state index is -0.478. The summed E-state index contributed by atoms with van der Waals surface area (Å²) >= 11 is 0. The lowest BCUT2D eigenvalue weighted by Gasteiger charge is -2.35. The van der Waals surface area contributed by atoms with Crippen molar-refractivity contribution in [1.82, 2.24) is 9.88 Å². The number of nitrogens with zero attached hydrogens (tertiary/aromatic N) is 5. The van der Waals surface area contributed by atoms with Crippen LogP contribution in [0.15, 0.2) is 36.5 Å². The molecule has 1 aromatic heterocycles. The third-order valence-electron chi connectivity index (χ3n) is 4.51. The van der Waals surface area contributed by atoms with Crippen LogP contribution in [0.4, 0.5) is 11.5 Å². The van der Waals surface area contributed by atoms with Crippen LogP contribution in [-0.2, 0) is 0 Å². The first kappa shape index (κ1) is 17.4. The maximum atomic E-state index is 12.8. The van der Waals surface area contributed by atoms with Gasteiger partial charge in [0.2, 0.25) is 0 Å². The van der Waals surface area contributed by atoms with E-state index in [0.29, 0.717) is 48.7 Å². The lowest BCUT2D eigenvalue weighted by molar-refractivity contribution is -0.385. The summed E-state index contributed by atoms with van der Waals surface area (Å²) in [5.41, 5.74) is 1.17. The molecule has 1 saturated heterocycles. The number of carbonyl (C=O) groups excluding carboxylic acids is 1. The summed E-state index contributed by atoms with van der Waals surface area (Å²) < 4.78 is 0. The number of amides is 1. The summed E-state index contributed by atoms with van der Waals surface area (Å²) in [5, 5.41) is 20.3. The quantitative estimate of drug-likeness (QED) is 0.620. The Morgan fingerprint density at radius 2 is 1.96 bits per heavy atom. The van der Waals surface area contributed by atoms with Crippen molar-refractivity contribution in [3.8, 4) is 6.07 Å². The van der Waals surface area contributed by atoms with Gasteiger partial charge in [-0.3, -0.25) is 14.9 Å². The zero-order chi connectivity index (χ0) is 18.7. The second-order valence-electron chi connectivity index (χ2n) is 5.97. The molecule has 0 saturated carbocycles. The second kappa shape index (κ2) is 7.19. The van der Waals surface area contributed by atoms with Crippen LogP contribution in [0.25, 0.3) is 0 Å². The fourth-order valence-corrected chi connectivity index (χ4v) is 3.08. The van der Waals surface area contributed by atoms with Crippen molar-refractivity contribution >= 4 is 17.4 Å². The Labute approximate surface area is 150 Å². The average molecular weight is 351 g/mol. The number of hydrogen-bond acceptors (Lipinski definition) is 6. The molecule has 1 amide bonds. The Morgan fingerprint density at radius 1 is 1.23 bits per heavy atom. The van der Waals surface area contributed by atoms with Crippen LogP contribution in [0.5, 0.6) is 0 Å². The largest absolute Gasteiger partial charge is 0.352 e. The van der Waals surface area contributed by atoms with Crippen molar-refractivity contribution < 1.29 is 9.72 Å². The third kappa shape index (κ3) is 3.19. The highest BCUT2D eigenvalue weighted by Gasteiger charge is 2.26. The fourth-order valence-electron chi connectivity index (χ4n) is 3.08. The van der Waals surface area contributed by atoms with E-state index in [0.717, 1.165) is 0 Å². The van der Waals surface area contributed by atoms with Crippen LogP contribution in [0, 0.1) is 28.4 Å². The van der Waals surface area contributed by atoms with Gasteiger partial charge in [-0.15, -0.1) is 0 Å². The van der Waals surface area contributed by atoms with Crippen molar-refractivity contribution in [3.63, 3.8) is 0 Å². The van der Waals surface area contributed by atoms with E-state index in [1.54, 1.807) is 36.2 Å². The summed E-state index contributed by atoms with van der Waals surface area (Å²) in [6, 6.07) is 10.1. The van der Waals surface area contributed by atoms with Gasteiger partial charge in [-0.1, -0.05) is 6.07 Å². The van der Waals surface area contributed by atoms with Crippen LogP contribution < -0.4 is 4.90 Å². The molecule has 0 aliphatic carbocycles. The van der Waals surface area contributed by atoms with Crippen LogP contribution >= 0.6 is 0 Å². The van der Waals surface area contributed by atoms with E-state index >= 15 is 0 Å². The first-order chi connectivity index (χ1) is 12.5. The number of piperazine rings is 1. The Kier molecular flexibility index (Phi) is 4.80. The number of nitriles is 1. The first-order valence-electron chi connectivity index (χ1n) is 8.16. The van der Waals surface area contributed by atoms with E-state index in [9.17, 15) is 20.2 Å². The number of pyridine rings is 1. The zero-order valence-electron chi connectivity index (χ0n) is 14.3. The van der Waals surface area contributed by atoms with Crippen LogP contribution in [0.3, 0.4) is 0 Å². The van der Waals surface area contributed by atoms with Crippen LogP contribution in [0.2, 0.25) is 0 Å². The van der Waals surface area contributed by atoms with Gasteiger partial charge in [0.1, 0.15) is 11.9 Å². The number of hydrogen-bond donors (Lipinski definition) is 0. The number of anilines is 1. The molecule has 0 spiro atoms. The summed E-state index contributed by atoms with van der Waals surface area (Å²) in [7, 11) is 0. The molecule has 0 N–H and O–H groups in total. The van der Waals surface area contributed by atoms with Gasteiger partial charge in [-0.2, -0.15) is 5.26 Å². The van der Waals surface area contributed by atoms with Crippen molar-refractivity contribution in [1.29, 1.82) is 5.26 Å². The van der Waals surface area contributed by atoms with E-state index < -0.39 is 4.92 Å². The van der Waals surface area contributed by atoms with Gasteiger partial charge in [0, 0.05) is 49.6 Å². The standard InChI is InChI=1S/C18H17N5O3/c1-13-15(5-2-6-16(13)23(25)26)18(24)22-10-8-21(9-11-22)17-14(12-19)4-3-7-20-17/h2-7H,8-11H2,1H3. The van der Waals surface area contributed by atoms with Crippen LogP contribution in [0.1, 0.15) is 21.5 Å². The van der Waals surface area contributed by atoms with E-state index in [1.807, 2.05) is 4.90 Å². The smallest absolute Gasteiger partial charge is 0.273 e. The summed E-state index contributed by atoms with van der Waals surface area (Å²) in [6.07, 6.45) is 1.64. The molecular formula is C18H17N5O3. The lowest BCUT2D eigenvalue weighted by Crippen LogP contribution is -2.49.